The van der Waals surface area contributed by atoms with Gasteiger partial charge in [-0.2, -0.15) is 10.4 Å². The molecular formula is C24H24N4OS. The highest BCUT2D eigenvalue weighted by Crippen LogP contribution is 2.30. The predicted molar refractivity (Wildman–Crippen MR) is 121 cm³/mol. The summed E-state index contributed by atoms with van der Waals surface area (Å²) in [6, 6.07) is 17.9. The number of hydrogen-bond donors (Lipinski definition) is 0. The van der Waals surface area contributed by atoms with E-state index in [2.05, 4.69) is 11.4 Å². The van der Waals surface area contributed by atoms with Crippen molar-refractivity contribution in [1.82, 2.24) is 4.68 Å². The van der Waals surface area contributed by atoms with Gasteiger partial charge in [0.05, 0.1) is 36.7 Å². The van der Waals surface area contributed by atoms with E-state index in [4.69, 9.17) is 20.1 Å². The average molecular weight is 417 g/mol. The molecule has 0 spiro atoms. The van der Waals surface area contributed by atoms with Crippen molar-refractivity contribution in [3.05, 3.63) is 69.8 Å². The summed E-state index contributed by atoms with van der Waals surface area (Å²) in [7, 11) is 1.68. The van der Waals surface area contributed by atoms with E-state index in [1.165, 1.54) is 19.3 Å². The van der Waals surface area contributed by atoms with Gasteiger partial charge in [0.1, 0.15) is 5.75 Å². The smallest absolute Gasteiger partial charge is 0.206 e. The highest BCUT2D eigenvalue weighted by atomic mass is 32.1. The highest BCUT2D eigenvalue weighted by Gasteiger charge is 2.15. The number of benzene rings is 2. The summed E-state index contributed by atoms with van der Waals surface area (Å²) in [6.07, 6.45) is 7.88. The molecule has 0 aliphatic heterocycles. The van der Waals surface area contributed by atoms with Crippen molar-refractivity contribution in [2.75, 3.05) is 7.11 Å². The number of aromatic nitrogens is 1. The number of hydrogen-bond acceptors (Lipinski definition) is 5. The number of nitrogens with zero attached hydrogens (tertiary/aromatic N) is 4. The first-order valence-corrected chi connectivity index (χ1v) is 11.1. The van der Waals surface area contributed by atoms with Crippen LogP contribution in [0.3, 0.4) is 0 Å². The Morgan fingerprint density at radius 3 is 2.60 bits per heavy atom. The lowest BCUT2D eigenvalue weighted by Crippen LogP contribution is -2.19. The van der Waals surface area contributed by atoms with Gasteiger partial charge in [-0.05, 0) is 42.7 Å². The van der Waals surface area contributed by atoms with Crippen molar-refractivity contribution in [3.63, 3.8) is 0 Å². The first-order chi connectivity index (χ1) is 14.8. The van der Waals surface area contributed by atoms with Gasteiger partial charge in [-0.15, -0.1) is 11.3 Å². The third-order valence-corrected chi connectivity index (χ3v) is 6.13. The zero-order chi connectivity index (χ0) is 20.8. The number of thiazole rings is 1. The first-order valence-electron chi connectivity index (χ1n) is 10.2. The SMILES string of the molecule is COc1ccccc1-c1csc(=NC2CCCCC2)n1N=Cc1ccc(C#N)cc1. The maximum atomic E-state index is 9.00. The summed E-state index contributed by atoms with van der Waals surface area (Å²) >= 11 is 1.61. The molecule has 152 valence electrons. The van der Waals surface area contributed by atoms with Gasteiger partial charge in [-0.3, -0.25) is 4.99 Å². The zero-order valence-electron chi connectivity index (χ0n) is 17.0. The van der Waals surface area contributed by atoms with Gasteiger partial charge in [0.2, 0.25) is 4.80 Å². The number of methoxy groups -OCH3 is 1. The molecule has 0 unspecified atom stereocenters. The Bertz CT molecular complexity index is 1130. The van der Waals surface area contributed by atoms with Gasteiger partial charge < -0.3 is 4.74 Å². The maximum absolute atomic E-state index is 9.00. The summed E-state index contributed by atoms with van der Waals surface area (Å²) in [6.45, 7) is 0. The van der Waals surface area contributed by atoms with Crippen molar-refractivity contribution in [1.29, 1.82) is 5.26 Å². The predicted octanol–water partition coefficient (Wildman–Crippen LogP) is 5.21. The number of ether oxygens (including phenoxy) is 1. The van der Waals surface area contributed by atoms with Crippen LogP contribution in [-0.4, -0.2) is 24.0 Å². The lowest BCUT2D eigenvalue weighted by atomic mass is 9.96. The van der Waals surface area contributed by atoms with Crippen molar-refractivity contribution in [2.45, 2.75) is 38.1 Å². The fourth-order valence-electron chi connectivity index (χ4n) is 3.68. The van der Waals surface area contributed by atoms with Gasteiger partial charge in [0.25, 0.3) is 0 Å². The summed E-state index contributed by atoms with van der Waals surface area (Å²) in [5, 5.41) is 15.9. The fourth-order valence-corrected chi connectivity index (χ4v) is 4.58. The molecule has 2 aromatic carbocycles. The van der Waals surface area contributed by atoms with Crippen LogP contribution in [0.15, 0.2) is 64.0 Å². The summed E-state index contributed by atoms with van der Waals surface area (Å²) in [4.78, 5) is 5.94. The Morgan fingerprint density at radius 1 is 1.10 bits per heavy atom. The largest absolute Gasteiger partial charge is 0.496 e. The molecule has 6 heteroatoms. The second kappa shape index (κ2) is 9.55. The topological polar surface area (TPSA) is 62.7 Å². The first kappa shape index (κ1) is 20.1. The van der Waals surface area contributed by atoms with Crippen molar-refractivity contribution in [3.8, 4) is 23.1 Å². The molecule has 1 heterocycles. The minimum atomic E-state index is 0.360. The molecule has 1 fully saturated rings. The molecule has 1 saturated carbocycles. The number of rotatable bonds is 5. The standard InChI is InChI=1S/C24H24N4OS/c1-29-23-10-6-5-9-21(23)22-17-30-24(27-20-7-3-2-4-8-20)28(22)26-16-19-13-11-18(15-25)12-14-19/h5-6,9-14,16-17,20H,2-4,7-8H2,1H3. The molecule has 0 amide bonds. The van der Waals surface area contributed by atoms with Gasteiger partial charge in [-0.25, -0.2) is 4.68 Å². The second-order valence-electron chi connectivity index (χ2n) is 7.31. The minimum Gasteiger partial charge on any atom is -0.496 e. The molecule has 0 saturated heterocycles. The van der Waals surface area contributed by atoms with Gasteiger partial charge >= 0.3 is 0 Å². The van der Waals surface area contributed by atoms with Crippen molar-refractivity contribution in [2.24, 2.45) is 10.1 Å². The lowest BCUT2D eigenvalue weighted by molar-refractivity contribution is 0.416. The Kier molecular flexibility index (Phi) is 6.41. The summed E-state index contributed by atoms with van der Waals surface area (Å²) < 4.78 is 7.49. The molecule has 0 N–H and O–H groups in total. The molecule has 4 rings (SSSR count). The van der Waals surface area contributed by atoms with E-state index in [-0.39, 0.29) is 0 Å². The van der Waals surface area contributed by atoms with Crippen LogP contribution in [-0.2, 0) is 0 Å². The van der Waals surface area contributed by atoms with Crippen molar-refractivity contribution >= 4 is 17.6 Å². The third kappa shape index (κ3) is 4.52. The maximum Gasteiger partial charge on any atom is 0.206 e. The second-order valence-corrected chi connectivity index (χ2v) is 8.15. The Morgan fingerprint density at radius 2 is 1.87 bits per heavy atom. The van der Waals surface area contributed by atoms with Crippen LogP contribution in [0.4, 0.5) is 0 Å². The highest BCUT2D eigenvalue weighted by molar-refractivity contribution is 7.07. The molecule has 3 aromatic rings. The molecule has 1 aromatic heterocycles. The van der Waals surface area contributed by atoms with Crippen LogP contribution in [0.5, 0.6) is 5.75 Å². The summed E-state index contributed by atoms with van der Waals surface area (Å²) in [5.74, 6) is 0.807. The molecule has 1 aliphatic carbocycles. The number of para-hydroxylation sites is 1. The fraction of sp³-hybridized carbons (Fsp3) is 0.292. The van der Waals surface area contributed by atoms with Crippen LogP contribution in [0.1, 0.15) is 43.2 Å². The molecule has 30 heavy (non-hydrogen) atoms. The quantitative estimate of drug-likeness (QED) is 0.536. The molecule has 0 bridgehead atoms. The Labute approximate surface area is 180 Å². The van der Waals surface area contributed by atoms with Gasteiger partial charge in [-0.1, -0.05) is 43.5 Å². The minimum absolute atomic E-state index is 0.360. The average Bonchev–Trinajstić information content (AvgIpc) is 3.20. The lowest BCUT2D eigenvalue weighted by Gasteiger charge is -2.17. The van der Waals surface area contributed by atoms with E-state index in [1.54, 1.807) is 30.6 Å². The van der Waals surface area contributed by atoms with Crippen LogP contribution < -0.4 is 9.54 Å². The summed E-state index contributed by atoms with van der Waals surface area (Å²) in [5.41, 5.74) is 3.51. The van der Waals surface area contributed by atoms with Crippen molar-refractivity contribution < 1.29 is 4.74 Å². The van der Waals surface area contributed by atoms with Gasteiger partial charge in [0, 0.05) is 10.9 Å². The van der Waals surface area contributed by atoms with E-state index in [1.807, 2.05) is 47.3 Å². The van der Waals surface area contributed by atoms with E-state index < -0.39 is 0 Å². The van der Waals surface area contributed by atoms with Gasteiger partial charge in [0.15, 0.2) is 0 Å². The van der Waals surface area contributed by atoms with E-state index in [0.29, 0.717) is 11.6 Å². The molecule has 5 nitrogen and oxygen atoms in total. The van der Waals surface area contributed by atoms with E-state index in [9.17, 15) is 0 Å². The van der Waals surface area contributed by atoms with E-state index in [0.717, 1.165) is 40.2 Å². The molecular weight excluding hydrogens is 392 g/mol. The van der Waals surface area contributed by atoms with E-state index >= 15 is 0 Å². The number of nitriles is 1. The molecule has 0 radical (unpaired) electrons. The Balaban J connectivity index is 1.78. The zero-order valence-corrected chi connectivity index (χ0v) is 17.8. The third-order valence-electron chi connectivity index (χ3n) is 5.30. The van der Waals surface area contributed by atoms with Crippen LogP contribution >= 0.6 is 11.3 Å². The molecule has 0 atom stereocenters. The van der Waals surface area contributed by atoms with Crippen LogP contribution in [0.2, 0.25) is 0 Å². The molecule has 1 aliphatic rings. The monoisotopic (exact) mass is 416 g/mol. The normalized spacial score (nSPS) is 15.4. The Hall–Kier alpha value is -3.17. The van der Waals surface area contributed by atoms with Crippen LogP contribution in [0, 0.1) is 11.3 Å². The van der Waals surface area contributed by atoms with Crippen LogP contribution in [0.25, 0.3) is 11.3 Å².